The lowest BCUT2D eigenvalue weighted by molar-refractivity contribution is 0.199. The molecule has 0 bridgehead atoms. The fraction of sp³-hybridized carbons (Fsp3) is 0.818. The van der Waals surface area contributed by atoms with E-state index >= 15 is 0 Å². The summed E-state index contributed by atoms with van der Waals surface area (Å²) in [5.74, 6) is 0. The molecular weight excluding hydrogens is 162 g/mol. The van der Waals surface area contributed by atoms with Crippen molar-refractivity contribution in [1.82, 2.24) is 5.32 Å². The average molecular weight is 185 g/mol. The third kappa shape index (κ3) is 11.7. The molecule has 0 radical (unpaired) electrons. The molecule has 0 heterocycles. The highest BCUT2D eigenvalue weighted by Crippen LogP contribution is 2.04. The maximum Gasteiger partial charge on any atom is 0.0587 e. The van der Waals surface area contributed by atoms with Gasteiger partial charge in [0.05, 0.1) is 6.61 Å². The van der Waals surface area contributed by atoms with Gasteiger partial charge in [0.15, 0.2) is 0 Å². The molecule has 0 rings (SSSR count). The van der Waals surface area contributed by atoms with Gasteiger partial charge in [-0.25, -0.2) is 0 Å². The van der Waals surface area contributed by atoms with E-state index in [9.17, 15) is 0 Å². The quantitative estimate of drug-likeness (QED) is 0.440. The Morgan fingerprint density at radius 1 is 1.23 bits per heavy atom. The van der Waals surface area contributed by atoms with E-state index in [4.69, 9.17) is 4.74 Å². The summed E-state index contributed by atoms with van der Waals surface area (Å²) in [6.07, 6.45) is 5.02. The molecule has 78 valence electrons. The molecule has 0 saturated heterocycles. The first-order valence-corrected chi connectivity index (χ1v) is 5.11. The maximum absolute atomic E-state index is 4.93. The van der Waals surface area contributed by atoms with Crippen LogP contribution in [-0.4, -0.2) is 26.8 Å². The van der Waals surface area contributed by atoms with Crippen molar-refractivity contribution in [3.8, 4) is 0 Å². The van der Waals surface area contributed by atoms with Gasteiger partial charge in [-0.3, -0.25) is 0 Å². The summed E-state index contributed by atoms with van der Waals surface area (Å²) in [5, 5.41) is 3.33. The van der Waals surface area contributed by atoms with Crippen molar-refractivity contribution in [2.24, 2.45) is 0 Å². The molecule has 0 fully saturated rings. The molecule has 13 heavy (non-hydrogen) atoms. The third-order valence-corrected chi connectivity index (χ3v) is 1.94. The van der Waals surface area contributed by atoms with E-state index in [0.717, 1.165) is 19.7 Å². The Labute approximate surface area is 82.4 Å². The van der Waals surface area contributed by atoms with Gasteiger partial charge in [-0.15, -0.1) is 6.58 Å². The minimum Gasteiger partial charge on any atom is -0.383 e. The van der Waals surface area contributed by atoms with Crippen LogP contribution < -0.4 is 5.32 Å². The lowest BCUT2D eigenvalue weighted by atomic mass is 10.1. The fourth-order valence-electron chi connectivity index (χ4n) is 1.15. The van der Waals surface area contributed by atoms with E-state index in [2.05, 4.69) is 18.8 Å². The first-order valence-electron chi connectivity index (χ1n) is 5.11. The van der Waals surface area contributed by atoms with Crippen LogP contribution in [0.3, 0.4) is 0 Å². The first-order chi connectivity index (χ1) is 6.27. The fourth-order valence-corrected chi connectivity index (χ4v) is 1.15. The van der Waals surface area contributed by atoms with Gasteiger partial charge in [-0.1, -0.05) is 12.0 Å². The Kier molecular flexibility index (Phi) is 9.49. The number of hydrogen-bond acceptors (Lipinski definition) is 2. The second-order valence-corrected chi connectivity index (χ2v) is 3.51. The van der Waals surface area contributed by atoms with Crippen molar-refractivity contribution in [2.45, 2.75) is 32.6 Å². The zero-order valence-electron chi connectivity index (χ0n) is 9.07. The number of hydrogen-bond donors (Lipinski definition) is 1. The third-order valence-electron chi connectivity index (χ3n) is 1.94. The Balaban J connectivity index is 2.87. The largest absolute Gasteiger partial charge is 0.383 e. The van der Waals surface area contributed by atoms with Crippen LogP contribution in [0.15, 0.2) is 12.2 Å². The smallest absolute Gasteiger partial charge is 0.0587 e. The minimum atomic E-state index is 0.811. The minimum absolute atomic E-state index is 0.811. The summed E-state index contributed by atoms with van der Waals surface area (Å²) in [4.78, 5) is 0. The van der Waals surface area contributed by atoms with Crippen LogP contribution in [0, 0.1) is 0 Å². The number of ether oxygens (including phenoxy) is 1. The molecular formula is C11H23NO. The predicted molar refractivity (Wildman–Crippen MR) is 58.0 cm³/mol. The van der Waals surface area contributed by atoms with Crippen LogP contribution in [0.25, 0.3) is 0 Å². The van der Waals surface area contributed by atoms with Crippen molar-refractivity contribution < 1.29 is 4.74 Å². The Hall–Kier alpha value is -0.340. The zero-order valence-corrected chi connectivity index (χ0v) is 9.07. The van der Waals surface area contributed by atoms with Gasteiger partial charge in [-0.05, 0) is 32.7 Å². The topological polar surface area (TPSA) is 21.3 Å². The van der Waals surface area contributed by atoms with Gasteiger partial charge in [0.1, 0.15) is 0 Å². The maximum atomic E-state index is 4.93. The molecule has 0 atom stereocenters. The monoisotopic (exact) mass is 185 g/mol. The first kappa shape index (κ1) is 12.7. The molecule has 0 spiro atoms. The Morgan fingerprint density at radius 2 is 2.00 bits per heavy atom. The van der Waals surface area contributed by atoms with Crippen LogP contribution in [-0.2, 0) is 4.74 Å². The van der Waals surface area contributed by atoms with Gasteiger partial charge in [0.25, 0.3) is 0 Å². The molecule has 1 N–H and O–H groups in total. The molecule has 0 amide bonds. The van der Waals surface area contributed by atoms with E-state index in [1.807, 2.05) is 0 Å². The molecule has 0 aliphatic carbocycles. The summed E-state index contributed by atoms with van der Waals surface area (Å²) in [7, 11) is 1.73. The highest BCUT2D eigenvalue weighted by Gasteiger charge is 1.90. The SMILES string of the molecule is C=C(C)CCCCCNCCOC. The van der Waals surface area contributed by atoms with E-state index < -0.39 is 0 Å². The molecule has 2 nitrogen and oxygen atoms in total. The van der Waals surface area contributed by atoms with Gasteiger partial charge in [0.2, 0.25) is 0 Å². The van der Waals surface area contributed by atoms with Crippen molar-refractivity contribution in [3.63, 3.8) is 0 Å². The number of allylic oxidation sites excluding steroid dienone is 1. The van der Waals surface area contributed by atoms with E-state index in [-0.39, 0.29) is 0 Å². The number of nitrogens with one attached hydrogen (secondary N) is 1. The van der Waals surface area contributed by atoms with E-state index in [1.54, 1.807) is 7.11 Å². The standard InChI is InChI=1S/C11H23NO/c1-11(2)7-5-4-6-8-12-9-10-13-3/h12H,1,4-10H2,2-3H3. The Morgan fingerprint density at radius 3 is 2.62 bits per heavy atom. The summed E-state index contributed by atoms with van der Waals surface area (Å²) in [6, 6.07) is 0. The van der Waals surface area contributed by atoms with Crippen molar-refractivity contribution >= 4 is 0 Å². The number of methoxy groups -OCH3 is 1. The lowest BCUT2D eigenvalue weighted by Gasteiger charge is -2.03. The number of rotatable bonds is 9. The summed E-state index contributed by atoms with van der Waals surface area (Å²) in [6.45, 7) is 8.87. The van der Waals surface area contributed by atoms with Crippen LogP contribution in [0.2, 0.25) is 0 Å². The van der Waals surface area contributed by atoms with E-state index in [1.165, 1.54) is 31.3 Å². The molecule has 0 aliphatic heterocycles. The normalized spacial score (nSPS) is 10.3. The molecule has 0 aromatic rings. The highest BCUT2D eigenvalue weighted by atomic mass is 16.5. The molecule has 0 saturated carbocycles. The van der Waals surface area contributed by atoms with Gasteiger partial charge >= 0.3 is 0 Å². The van der Waals surface area contributed by atoms with Crippen LogP contribution in [0.1, 0.15) is 32.6 Å². The second-order valence-electron chi connectivity index (χ2n) is 3.51. The molecule has 0 unspecified atom stereocenters. The van der Waals surface area contributed by atoms with Crippen molar-refractivity contribution in [2.75, 3.05) is 26.8 Å². The summed E-state index contributed by atoms with van der Waals surface area (Å²) < 4.78 is 4.93. The molecule has 0 aromatic carbocycles. The lowest BCUT2D eigenvalue weighted by Crippen LogP contribution is -2.20. The van der Waals surface area contributed by atoms with Crippen molar-refractivity contribution in [1.29, 1.82) is 0 Å². The Bertz CT molecular complexity index is 123. The average Bonchev–Trinajstić information content (AvgIpc) is 2.09. The highest BCUT2D eigenvalue weighted by molar-refractivity contribution is 4.86. The van der Waals surface area contributed by atoms with Crippen molar-refractivity contribution in [3.05, 3.63) is 12.2 Å². The molecule has 2 heteroatoms. The van der Waals surface area contributed by atoms with Gasteiger partial charge < -0.3 is 10.1 Å². The summed E-state index contributed by atoms with van der Waals surface area (Å²) >= 11 is 0. The number of unbranched alkanes of at least 4 members (excludes halogenated alkanes) is 2. The van der Waals surface area contributed by atoms with E-state index in [0.29, 0.717) is 0 Å². The second kappa shape index (κ2) is 9.75. The summed E-state index contributed by atoms with van der Waals surface area (Å²) in [5.41, 5.74) is 1.30. The van der Waals surface area contributed by atoms with Crippen LogP contribution >= 0.6 is 0 Å². The zero-order chi connectivity index (χ0) is 9.94. The van der Waals surface area contributed by atoms with Gasteiger partial charge in [-0.2, -0.15) is 0 Å². The molecule has 0 aliphatic rings. The van der Waals surface area contributed by atoms with Crippen LogP contribution in [0.5, 0.6) is 0 Å². The van der Waals surface area contributed by atoms with Gasteiger partial charge in [0, 0.05) is 13.7 Å². The molecule has 0 aromatic heterocycles. The predicted octanol–water partition coefficient (Wildman–Crippen LogP) is 2.36. The van der Waals surface area contributed by atoms with Crippen LogP contribution in [0.4, 0.5) is 0 Å².